The van der Waals surface area contributed by atoms with E-state index < -0.39 is 0 Å². The molecule has 20 heavy (non-hydrogen) atoms. The molecule has 1 rings (SSSR count). The molecule has 0 saturated heterocycles. The minimum atomic E-state index is -0.0321. The van der Waals surface area contributed by atoms with E-state index in [-0.39, 0.29) is 5.91 Å². The summed E-state index contributed by atoms with van der Waals surface area (Å²) in [6, 6.07) is 0. The van der Waals surface area contributed by atoms with Crippen LogP contribution in [0, 0.1) is 0 Å². The summed E-state index contributed by atoms with van der Waals surface area (Å²) in [7, 11) is 1.78. The first-order valence-corrected chi connectivity index (χ1v) is 7.68. The molecule has 0 bridgehead atoms. The van der Waals surface area contributed by atoms with Crippen LogP contribution < -0.4 is 5.73 Å². The molecule has 114 valence electrons. The molecule has 1 amide bonds. The van der Waals surface area contributed by atoms with Crippen molar-refractivity contribution in [1.82, 2.24) is 14.7 Å². The Balaban J connectivity index is 2.69. The topological polar surface area (TPSA) is 64.2 Å². The molecule has 0 aliphatic heterocycles. The van der Waals surface area contributed by atoms with Gasteiger partial charge in [0.2, 0.25) is 0 Å². The van der Waals surface area contributed by atoms with Gasteiger partial charge in [-0.2, -0.15) is 5.10 Å². The molecule has 0 aromatic carbocycles. The number of hydrogen-bond donors (Lipinski definition) is 1. The number of carbonyl (C=O) groups excluding carboxylic acids is 1. The van der Waals surface area contributed by atoms with Gasteiger partial charge in [-0.25, -0.2) is 0 Å². The van der Waals surface area contributed by atoms with E-state index in [9.17, 15) is 4.79 Å². The minimum Gasteiger partial charge on any atom is -0.396 e. The molecule has 0 radical (unpaired) electrons. The maximum Gasteiger partial charge on any atom is 0.276 e. The fourth-order valence-electron chi connectivity index (χ4n) is 2.24. The van der Waals surface area contributed by atoms with Crippen LogP contribution in [0.4, 0.5) is 5.69 Å². The van der Waals surface area contributed by atoms with Crippen molar-refractivity contribution in [3.05, 3.63) is 11.9 Å². The van der Waals surface area contributed by atoms with Crippen LogP contribution in [0.2, 0.25) is 0 Å². The number of aromatic nitrogens is 2. The summed E-state index contributed by atoms with van der Waals surface area (Å²) >= 11 is 0. The van der Waals surface area contributed by atoms with Gasteiger partial charge < -0.3 is 10.6 Å². The number of hydrogen-bond acceptors (Lipinski definition) is 3. The number of carbonyl (C=O) groups is 1. The van der Waals surface area contributed by atoms with E-state index in [1.165, 1.54) is 0 Å². The fourth-order valence-corrected chi connectivity index (χ4v) is 2.24. The zero-order valence-electron chi connectivity index (χ0n) is 13.1. The van der Waals surface area contributed by atoms with Crippen molar-refractivity contribution < 1.29 is 4.79 Å². The molecule has 5 nitrogen and oxygen atoms in total. The molecule has 0 atom stereocenters. The normalized spacial score (nSPS) is 10.8. The Bertz CT molecular complexity index is 404. The number of amides is 1. The highest BCUT2D eigenvalue weighted by Crippen LogP contribution is 2.13. The second-order valence-electron chi connectivity index (χ2n) is 5.31. The zero-order chi connectivity index (χ0) is 15.0. The summed E-state index contributed by atoms with van der Waals surface area (Å²) in [5, 5.41) is 4.19. The first-order valence-electron chi connectivity index (χ1n) is 7.68. The summed E-state index contributed by atoms with van der Waals surface area (Å²) in [5.41, 5.74) is 6.71. The van der Waals surface area contributed by atoms with Crippen LogP contribution in [-0.2, 0) is 7.05 Å². The average Bonchev–Trinajstić information content (AvgIpc) is 2.75. The summed E-state index contributed by atoms with van der Waals surface area (Å²) in [5.74, 6) is -0.0321. The largest absolute Gasteiger partial charge is 0.396 e. The van der Waals surface area contributed by atoms with E-state index in [0.717, 1.165) is 51.6 Å². The van der Waals surface area contributed by atoms with Crippen LogP contribution >= 0.6 is 0 Å². The predicted molar refractivity (Wildman–Crippen MR) is 82.6 cm³/mol. The lowest BCUT2D eigenvalue weighted by molar-refractivity contribution is 0.0744. The van der Waals surface area contributed by atoms with Crippen molar-refractivity contribution in [2.45, 2.75) is 52.4 Å². The second kappa shape index (κ2) is 8.61. The Morgan fingerprint density at radius 2 is 1.75 bits per heavy atom. The summed E-state index contributed by atoms with van der Waals surface area (Å²) in [6.07, 6.45) is 8.38. The first-order chi connectivity index (χ1) is 9.60. The number of aryl methyl sites for hydroxylation is 1. The van der Waals surface area contributed by atoms with Gasteiger partial charge in [-0.3, -0.25) is 9.48 Å². The fraction of sp³-hybridized carbons (Fsp3) is 0.733. The van der Waals surface area contributed by atoms with Gasteiger partial charge in [-0.05, 0) is 12.8 Å². The third kappa shape index (κ3) is 4.87. The minimum absolute atomic E-state index is 0.0321. The van der Waals surface area contributed by atoms with Gasteiger partial charge in [-0.1, -0.05) is 39.5 Å². The summed E-state index contributed by atoms with van der Waals surface area (Å²) < 4.78 is 1.60. The molecular formula is C15H28N4O. The number of nitrogen functional groups attached to an aromatic ring is 1. The van der Waals surface area contributed by atoms with Crippen LogP contribution in [0.25, 0.3) is 0 Å². The van der Waals surface area contributed by atoms with Crippen LogP contribution in [0.3, 0.4) is 0 Å². The smallest absolute Gasteiger partial charge is 0.276 e. The maximum atomic E-state index is 12.5. The molecule has 0 unspecified atom stereocenters. The van der Waals surface area contributed by atoms with Crippen molar-refractivity contribution in [2.24, 2.45) is 7.05 Å². The van der Waals surface area contributed by atoms with Crippen LogP contribution in [0.5, 0.6) is 0 Å². The van der Waals surface area contributed by atoms with Gasteiger partial charge in [0.05, 0.1) is 5.69 Å². The third-order valence-corrected chi connectivity index (χ3v) is 3.41. The van der Waals surface area contributed by atoms with Gasteiger partial charge in [0.25, 0.3) is 5.91 Å². The summed E-state index contributed by atoms with van der Waals surface area (Å²) in [4.78, 5) is 14.4. The molecule has 0 spiro atoms. The standard InChI is InChI=1S/C15H28N4O/c1-4-6-8-10-19(11-9-7-5-2)15(20)14-13(16)12-18(3)17-14/h12H,4-11,16H2,1-3H3. The summed E-state index contributed by atoms with van der Waals surface area (Å²) in [6.45, 7) is 5.93. The number of nitrogens with two attached hydrogens (primary N) is 1. The molecule has 1 aromatic heterocycles. The molecule has 1 aromatic rings. The highest BCUT2D eigenvalue weighted by atomic mass is 16.2. The molecule has 0 fully saturated rings. The lowest BCUT2D eigenvalue weighted by Crippen LogP contribution is -2.33. The monoisotopic (exact) mass is 280 g/mol. The van der Waals surface area contributed by atoms with E-state index in [1.54, 1.807) is 17.9 Å². The predicted octanol–water partition coefficient (Wildman–Crippen LogP) is 2.82. The quantitative estimate of drug-likeness (QED) is 0.707. The highest BCUT2D eigenvalue weighted by molar-refractivity contribution is 5.97. The highest BCUT2D eigenvalue weighted by Gasteiger charge is 2.20. The van der Waals surface area contributed by atoms with E-state index >= 15 is 0 Å². The van der Waals surface area contributed by atoms with Crippen LogP contribution in [0.15, 0.2) is 6.20 Å². The van der Waals surface area contributed by atoms with Crippen molar-refractivity contribution in [3.63, 3.8) is 0 Å². The molecule has 0 aliphatic carbocycles. The van der Waals surface area contributed by atoms with E-state index in [1.807, 2.05) is 4.90 Å². The van der Waals surface area contributed by atoms with E-state index in [0.29, 0.717) is 11.4 Å². The average molecular weight is 280 g/mol. The Labute approximate surface area is 122 Å². The lowest BCUT2D eigenvalue weighted by Gasteiger charge is -2.22. The van der Waals surface area contributed by atoms with Gasteiger partial charge in [0, 0.05) is 26.3 Å². The third-order valence-electron chi connectivity index (χ3n) is 3.41. The Kier molecular flexibility index (Phi) is 7.12. The molecule has 0 saturated carbocycles. The zero-order valence-corrected chi connectivity index (χ0v) is 13.1. The van der Waals surface area contributed by atoms with Gasteiger partial charge in [0.15, 0.2) is 5.69 Å². The van der Waals surface area contributed by atoms with Crippen molar-refractivity contribution in [3.8, 4) is 0 Å². The van der Waals surface area contributed by atoms with Crippen molar-refractivity contribution in [2.75, 3.05) is 18.8 Å². The molecule has 0 aliphatic rings. The Morgan fingerprint density at radius 3 is 2.15 bits per heavy atom. The van der Waals surface area contributed by atoms with Gasteiger partial charge in [0.1, 0.15) is 0 Å². The van der Waals surface area contributed by atoms with E-state index in [4.69, 9.17) is 5.73 Å². The number of anilines is 1. The van der Waals surface area contributed by atoms with Crippen LogP contribution in [-0.4, -0.2) is 33.7 Å². The SMILES string of the molecule is CCCCCN(CCCCC)C(=O)c1nn(C)cc1N. The van der Waals surface area contributed by atoms with Crippen molar-refractivity contribution >= 4 is 11.6 Å². The van der Waals surface area contributed by atoms with Gasteiger partial charge >= 0.3 is 0 Å². The number of nitrogens with zero attached hydrogens (tertiary/aromatic N) is 3. The second-order valence-corrected chi connectivity index (χ2v) is 5.31. The molecule has 5 heteroatoms. The lowest BCUT2D eigenvalue weighted by atomic mass is 10.2. The number of unbranched alkanes of at least 4 members (excludes halogenated alkanes) is 4. The maximum absolute atomic E-state index is 12.5. The van der Waals surface area contributed by atoms with Crippen LogP contribution in [0.1, 0.15) is 62.9 Å². The Morgan fingerprint density at radius 1 is 1.20 bits per heavy atom. The molecular weight excluding hydrogens is 252 g/mol. The molecule has 2 N–H and O–H groups in total. The first kappa shape index (κ1) is 16.5. The van der Waals surface area contributed by atoms with Crippen molar-refractivity contribution in [1.29, 1.82) is 0 Å². The van der Waals surface area contributed by atoms with E-state index in [2.05, 4.69) is 18.9 Å². The number of rotatable bonds is 9. The molecule has 1 heterocycles. The Hall–Kier alpha value is -1.52. The van der Waals surface area contributed by atoms with Gasteiger partial charge in [-0.15, -0.1) is 0 Å².